The molecular weight excluding hydrogens is 369 g/mol. The number of ketones is 1. The Hall–Kier alpha value is -1.75. The summed E-state index contributed by atoms with van der Waals surface area (Å²) in [5.74, 6) is 1.63. The molecule has 0 aromatic heterocycles. The second kappa shape index (κ2) is 6.76. The van der Waals surface area contributed by atoms with Crippen molar-refractivity contribution in [2.24, 2.45) is 11.8 Å². The van der Waals surface area contributed by atoms with Gasteiger partial charge in [0.1, 0.15) is 0 Å². The Morgan fingerprint density at radius 3 is 2.08 bits per heavy atom. The van der Waals surface area contributed by atoms with Gasteiger partial charge in [0, 0.05) is 48.7 Å². The molecule has 2 heterocycles. The maximum Gasteiger partial charge on any atom is 0.194 e. The summed E-state index contributed by atoms with van der Waals surface area (Å²) in [5, 5.41) is 0. The van der Waals surface area contributed by atoms with Gasteiger partial charge in [-0.3, -0.25) is 4.79 Å². The molecule has 2 saturated heterocycles. The molecule has 138 valence electrons. The lowest BCUT2D eigenvalue weighted by molar-refractivity contribution is 0.104. The SMILES string of the molecule is CN1CC2CN(c3ccc4c(c3)C(=O)c3cc(N)ccc3-4)CC2C1.Cl.Cl. The van der Waals surface area contributed by atoms with Crippen molar-refractivity contribution < 1.29 is 4.79 Å². The highest BCUT2D eigenvalue weighted by Gasteiger charge is 2.39. The fourth-order valence-corrected chi connectivity index (χ4v) is 4.72. The van der Waals surface area contributed by atoms with Gasteiger partial charge in [0.25, 0.3) is 0 Å². The fraction of sp³-hybridized carbons (Fsp3) is 0.350. The first-order chi connectivity index (χ1) is 11.6. The number of benzene rings is 2. The summed E-state index contributed by atoms with van der Waals surface area (Å²) in [6.07, 6.45) is 0. The van der Waals surface area contributed by atoms with E-state index in [-0.39, 0.29) is 30.6 Å². The highest BCUT2D eigenvalue weighted by atomic mass is 35.5. The lowest BCUT2D eigenvalue weighted by Gasteiger charge is -2.22. The minimum Gasteiger partial charge on any atom is -0.399 e. The molecule has 2 aliphatic heterocycles. The zero-order valence-corrected chi connectivity index (χ0v) is 16.3. The number of hydrogen-bond donors (Lipinski definition) is 1. The van der Waals surface area contributed by atoms with Crippen molar-refractivity contribution in [3.05, 3.63) is 47.5 Å². The first-order valence-corrected chi connectivity index (χ1v) is 8.62. The van der Waals surface area contributed by atoms with E-state index in [1.165, 1.54) is 18.8 Å². The zero-order valence-electron chi connectivity index (χ0n) is 14.6. The molecule has 2 fully saturated rings. The van der Waals surface area contributed by atoms with E-state index in [4.69, 9.17) is 5.73 Å². The Labute approximate surface area is 166 Å². The van der Waals surface area contributed by atoms with Crippen LogP contribution in [0.2, 0.25) is 0 Å². The number of likely N-dealkylation sites (tertiary alicyclic amines) is 1. The first kappa shape index (κ1) is 19.0. The van der Waals surface area contributed by atoms with Crippen molar-refractivity contribution in [1.29, 1.82) is 0 Å². The molecule has 2 atom stereocenters. The summed E-state index contributed by atoms with van der Waals surface area (Å²) in [5.41, 5.74) is 11.3. The number of nitrogens with two attached hydrogens (primary N) is 1. The average molecular weight is 392 g/mol. The van der Waals surface area contributed by atoms with Crippen LogP contribution in [0.25, 0.3) is 11.1 Å². The van der Waals surface area contributed by atoms with Gasteiger partial charge >= 0.3 is 0 Å². The van der Waals surface area contributed by atoms with Crippen molar-refractivity contribution in [2.45, 2.75) is 0 Å². The largest absolute Gasteiger partial charge is 0.399 e. The molecule has 26 heavy (non-hydrogen) atoms. The van der Waals surface area contributed by atoms with Crippen molar-refractivity contribution in [3.8, 4) is 11.1 Å². The van der Waals surface area contributed by atoms with Crippen molar-refractivity contribution >= 4 is 42.0 Å². The molecule has 4 nitrogen and oxygen atoms in total. The Balaban J connectivity index is 0.000000980. The Bertz CT molecular complexity index is 856. The van der Waals surface area contributed by atoms with Crippen LogP contribution < -0.4 is 10.6 Å². The average Bonchev–Trinajstić information content (AvgIpc) is 3.18. The number of nitrogens with zero attached hydrogens (tertiary/aromatic N) is 2. The maximum atomic E-state index is 12.8. The maximum absolute atomic E-state index is 12.8. The number of carbonyl (C=O) groups is 1. The summed E-state index contributed by atoms with van der Waals surface area (Å²) in [6.45, 7) is 4.58. The van der Waals surface area contributed by atoms with E-state index in [9.17, 15) is 4.79 Å². The van der Waals surface area contributed by atoms with Crippen LogP contribution in [-0.2, 0) is 0 Å². The highest BCUT2D eigenvalue weighted by molar-refractivity contribution is 6.22. The molecule has 2 unspecified atom stereocenters. The van der Waals surface area contributed by atoms with Gasteiger partial charge in [-0.1, -0.05) is 12.1 Å². The summed E-state index contributed by atoms with van der Waals surface area (Å²) in [7, 11) is 2.21. The van der Waals surface area contributed by atoms with Crippen LogP contribution in [0.15, 0.2) is 36.4 Å². The van der Waals surface area contributed by atoms with Gasteiger partial charge in [-0.15, -0.1) is 24.8 Å². The van der Waals surface area contributed by atoms with Crippen LogP contribution in [0.3, 0.4) is 0 Å². The lowest BCUT2D eigenvalue weighted by Crippen LogP contribution is -2.26. The number of halogens is 2. The standard InChI is InChI=1S/C20H21N3O.2ClH/c1-22-8-12-10-23(11-13(12)9-22)15-3-5-17-16-4-2-14(21)6-18(16)20(24)19(17)7-15;;/h2-7,12-13H,8-11,21H2,1H3;2*1H. The van der Waals surface area contributed by atoms with Gasteiger partial charge in [-0.25, -0.2) is 0 Å². The minimum atomic E-state index is 0. The summed E-state index contributed by atoms with van der Waals surface area (Å²) >= 11 is 0. The molecule has 5 rings (SSSR count). The molecule has 0 spiro atoms. The molecule has 3 aliphatic rings. The molecule has 0 amide bonds. The molecule has 2 N–H and O–H groups in total. The molecule has 6 heteroatoms. The molecule has 0 radical (unpaired) electrons. The number of hydrogen-bond acceptors (Lipinski definition) is 4. The van der Waals surface area contributed by atoms with Crippen molar-refractivity contribution in [3.63, 3.8) is 0 Å². The number of rotatable bonds is 1. The predicted octanol–water partition coefficient (Wildman–Crippen LogP) is 3.32. The number of anilines is 2. The Morgan fingerprint density at radius 1 is 0.846 bits per heavy atom. The monoisotopic (exact) mass is 391 g/mol. The van der Waals surface area contributed by atoms with E-state index in [1.54, 1.807) is 6.07 Å². The predicted molar refractivity (Wildman–Crippen MR) is 111 cm³/mol. The first-order valence-electron chi connectivity index (χ1n) is 8.62. The van der Waals surface area contributed by atoms with Gasteiger partial charge in [-0.05, 0) is 54.3 Å². The third-order valence-electron chi connectivity index (χ3n) is 5.86. The van der Waals surface area contributed by atoms with Crippen LogP contribution in [0.1, 0.15) is 15.9 Å². The highest BCUT2D eigenvalue weighted by Crippen LogP contribution is 2.40. The van der Waals surface area contributed by atoms with E-state index in [0.717, 1.165) is 47.2 Å². The lowest BCUT2D eigenvalue weighted by atomic mass is 10.0. The molecule has 2 aromatic carbocycles. The summed E-state index contributed by atoms with van der Waals surface area (Å²) < 4.78 is 0. The Morgan fingerprint density at radius 2 is 1.42 bits per heavy atom. The van der Waals surface area contributed by atoms with Crippen LogP contribution in [0.5, 0.6) is 0 Å². The third-order valence-corrected chi connectivity index (χ3v) is 5.86. The fourth-order valence-electron chi connectivity index (χ4n) is 4.72. The van der Waals surface area contributed by atoms with E-state index in [0.29, 0.717) is 5.69 Å². The number of carbonyl (C=O) groups excluding carboxylic acids is 1. The van der Waals surface area contributed by atoms with E-state index < -0.39 is 0 Å². The Kier molecular flexibility index (Phi) is 4.95. The van der Waals surface area contributed by atoms with Gasteiger partial charge in [0.15, 0.2) is 5.78 Å². The molecule has 0 bridgehead atoms. The van der Waals surface area contributed by atoms with Crippen LogP contribution in [-0.4, -0.2) is 43.9 Å². The topological polar surface area (TPSA) is 49.6 Å². The van der Waals surface area contributed by atoms with Crippen LogP contribution in [0.4, 0.5) is 11.4 Å². The molecule has 2 aromatic rings. The molecule has 1 aliphatic carbocycles. The van der Waals surface area contributed by atoms with Gasteiger partial charge in [-0.2, -0.15) is 0 Å². The minimum absolute atomic E-state index is 0. The van der Waals surface area contributed by atoms with Crippen LogP contribution in [0, 0.1) is 11.8 Å². The molecular formula is C20H23Cl2N3O. The second-order valence-corrected chi connectivity index (χ2v) is 7.51. The van der Waals surface area contributed by atoms with Crippen molar-refractivity contribution in [1.82, 2.24) is 4.90 Å². The van der Waals surface area contributed by atoms with E-state index in [2.05, 4.69) is 35.0 Å². The smallest absolute Gasteiger partial charge is 0.194 e. The van der Waals surface area contributed by atoms with Gasteiger partial charge in [0.2, 0.25) is 0 Å². The number of nitrogen functional groups attached to an aromatic ring is 1. The van der Waals surface area contributed by atoms with Crippen LogP contribution >= 0.6 is 24.8 Å². The summed E-state index contributed by atoms with van der Waals surface area (Å²) in [6, 6.07) is 12.0. The van der Waals surface area contributed by atoms with Gasteiger partial charge < -0.3 is 15.5 Å². The van der Waals surface area contributed by atoms with Gasteiger partial charge in [0.05, 0.1) is 0 Å². The molecule has 0 saturated carbocycles. The van der Waals surface area contributed by atoms with E-state index >= 15 is 0 Å². The second-order valence-electron chi connectivity index (χ2n) is 7.51. The van der Waals surface area contributed by atoms with Crippen molar-refractivity contribution in [2.75, 3.05) is 43.9 Å². The third kappa shape index (κ3) is 2.77. The quantitative estimate of drug-likeness (QED) is 0.646. The zero-order chi connectivity index (χ0) is 16.4. The summed E-state index contributed by atoms with van der Waals surface area (Å²) in [4.78, 5) is 17.6. The number of fused-ring (bicyclic) bond motifs is 4. The normalized spacial score (nSPS) is 23.1. The van der Waals surface area contributed by atoms with E-state index in [1.807, 2.05) is 12.1 Å².